The number of nitrogens with two attached hydrogens (primary N) is 1. The summed E-state index contributed by atoms with van der Waals surface area (Å²) in [4.78, 5) is 16.3. The highest BCUT2D eigenvalue weighted by Gasteiger charge is 2.68. The van der Waals surface area contributed by atoms with Crippen LogP contribution in [-0.4, -0.2) is 44.8 Å². The van der Waals surface area contributed by atoms with Crippen LogP contribution in [0.25, 0.3) is 22.4 Å². The number of piperidine rings is 1. The van der Waals surface area contributed by atoms with Crippen molar-refractivity contribution in [1.29, 1.82) is 0 Å². The van der Waals surface area contributed by atoms with Crippen molar-refractivity contribution >= 4 is 28.6 Å². The molecule has 4 aromatic rings. The van der Waals surface area contributed by atoms with Gasteiger partial charge in [0.05, 0.1) is 28.0 Å². The number of halogens is 1. The Morgan fingerprint density at radius 2 is 2.16 bits per heavy atom. The largest absolute Gasteiger partial charge is 0.448 e. The van der Waals surface area contributed by atoms with Crippen LogP contribution in [-0.2, 0) is 5.41 Å². The van der Waals surface area contributed by atoms with Crippen molar-refractivity contribution in [3.63, 3.8) is 0 Å². The second kappa shape index (κ2) is 6.77. The second-order valence-corrected chi connectivity index (χ2v) is 8.87. The molecule has 8 nitrogen and oxygen atoms in total. The van der Waals surface area contributed by atoms with Crippen LogP contribution in [0.5, 0.6) is 0 Å². The van der Waals surface area contributed by atoms with E-state index in [0.717, 1.165) is 48.2 Å². The van der Waals surface area contributed by atoms with Gasteiger partial charge in [0.2, 0.25) is 11.5 Å². The number of aromatic nitrogens is 5. The van der Waals surface area contributed by atoms with E-state index < -0.39 is 0 Å². The van der Waals surface area contributed by atoms with Crippen molar-refractivity contribution in [1.82, 2.24) is 25.1 Å². The van der Waals surface area contributed by atoms with E-state index in [-0.39, 0.29) is 5.41 Å². The average Bonchev–Trinajstić information content (AvgIpc) is 3.04. The molecule has 1 saturated heterocycles. The lowest BCUT2D eigenvalue weighted by Gasteiger charge is -2.26. The number of oxazole rings is 1. The highest BCUT2D eigenvalue weighted by molar-refractivity contribution is 6.33. The maximum Gasteiger partial charge on any atom is 0.202 e. The number of benzene rings is 1. The summed E-state index contributed by atoms with van der Waals surface area (Å²) in [5.74, 6) is 2.51. The molecule has 9 heteroatoms. The number of aryl methyl sites for hydroxylation is 1. The molecule has 158 valence electrons. The fourth-order valence-corrected chi connectivity index (χ4v) is 5.48. The van der Waals surface area contributed by atoms with Crippen LogP contribution in [0.15, 0.2) is 41.1 Å². The maximum atomic E-state index is 6.36. The molecule has 1 aliphatic heterocycles. The molecular weight excluding hydrogens is 414 g/mol. The minimum atomic E-state index is -0.163. The molecule has 4 heterocycles. The first-order valence-electron chi connectivity index (χ1n) is 10.5. The normalized spacial score (nSPS) is 25.1. The number of nitrogens with one attached hydrogen (secondary N) is 1. The first-order valence-corrected chi connectivity index (χ1v) is 10.8. The summed E-state index contributed by atoms with van der Waals surface area (Å²) in [6.45, 7) is 4.23. The van der Waals surface area contributed by atoms with Gasteiger partial charge in [0.1, 0.15) is 17.6 Å². The van der Waals surface area contributed by atoms with Crippen molar-refractivity contribution in [2.75, 3.05) is 24.5 Å². The van der Waals surface area contributed by atoms with Gasteiger partial charge in [-0.3, -0.25) is 5.10 Å². The van der Waals surface area contributed by atoms with Gasteiger partial charge in [-0.25, -0.2) is 15.0 Å². The SMILES string of the molecule is Cc1coc(C2(CN)C3CCN(c4cnc5c(-c6ccccc6Cl)[nH]nc5n4)CC32)n1. The summed E-state index contributed by atoms with van der Waals surface area (Å²) in [5.41, 5.74) is 9.90. The molecule has 3 N–H and O–H groups in total. The number of hydrogen-bond acceptors (Lipinski definition) is 7. The van der Waals surface area contributed by atoms with Crippen LogP contribution in [0.2, 0.25) is 5.02 Å². The van der Waals surface area contributed by atoms with Crippen molar-refractivity contribution in [3.05, 3.63) is 53.3 Å². The summed E-state index contributed by atoms with van der Waals surface area (Å²) in [6, 6.07) is 7.63. The molecule has 0 amide bonds. The molecule has 3 unspecified atom stereocenters. The van der Waals surface area contributed by atoms with Gasteiger partial charge in [-0.05, 0) is 31.2 Å². The van der Waals surface area contributed by atoms with Gasteiger partial charge >= 0.3 is 0 Å². The van der Waals surface area contributed by atoms with E-state index >= 15 is 0 Å². The number of hydrogen-bond donors (Lipinski definition) is 2. The van der Waals surface area contributed by atoms with Gasteiger partial charge in [-0.2, -0.15) is 5.10 Å². The number of anilines is 1. The Balaban J connectivity index is 1.29. The monoisotopic (exact) mass is 435 g/mol. The lowest BCUT2D eigenvalue weighted by atomic mass is 10.0. The fourth-order valence-electron chi connectivity index (χ4n) is 5.25. The summed E-state index contributed by atoms with van der Waals surface area (Å²) < 4.78 is 5.76. The van der Waals surface area contributed by atoms with Gasteiger partial charge in [-0.1, -0.05) is 29.8 Å². The molecule has 0 radical (unpaired) electrons. The third-order valence-electron chi connectivity index (χ3n) is 6.90. The number of nitrogens with zero attached hydrogens (tertiary/aromatic N) is 5. The Hall–Kier alpha value is -2.97. The zero-order chi connectivity index (χ0) is 21.2. The van der Waals surface area contributed by atoms with Gasteiger partial charge in [-0.15, -0.1) is 0 Å². The molecule has 1 aromatic carbocycles. The zero-order valence-electron chi connectivity index (χ0n) is 17.0. The smallest absolute Gasteiger partial charge is 0.202 e. The van der Waals surface area contributed by atoms with Crippen molar-refractivity contribution < 1.29 is 4.42 Å². The van der Waals surface area contributed by atoms with Crippen LogP contribution < -0.4 is 10.6 Å². The highest BCUT2D eigenvalue weighted by atomic mass is 35.5. The van der Waals surface area contributed by atoms with E-state index in [2.05, 4.69) is 25.1 Å². The number of fused-ring (bicyclic) bond motifs is 2. The van der Waals surface area contributed by atoms with E-state index in [1.807, 2.05) is 37.4 Å². The summed E-state index contributed by atoms with van der Waals surface area (Å²) >= 11 is 6.36. The molecule has 1 saturated carbocycles. The molecule has 3 aromatic heterocycles. The van der Waals surface area contributed by atoms with Crippen molar-refractivity contribution in [2.24, 2.45) is 17.6 Å². The van der Waals surface area contributed by atoms with Crippen LogP contribution in [0, 0.1) is 18.8 Å². The maximum absolute atomic E-state index is 6.36. The zero-order valence-corrected chi connectivity index (χ0v) is 17.8. The Morgan fingerprint density at radius 1 is 1.29 bits per heavy atom. The van der Waals surface area contributed by atoms with Crippen LogP contribution in [0.1, 0.15) is 18.0 Å². The van der Waals surface area contributed by atoms with Crippen LogP contribution in [0.3, 0.4) is 0 Å². The topological polar surface area (TPSA) is 110 Å². The number of H-pyrrole nitrogens is 1. The molecule has 31 heavy (non-hydrogen) atoms. The lowest BCUT2D eigenvalue weighted by molar-refractivity contribution is 0.409. The molecular formula is C22H22ClN7O. The molecule has 0 bridgehead atoms. The van der Waals surface area contributed by atoms with Crippen LogP contribution >= 0.6 is 11.6 Å². The average molecular weight is 436 g/mol. The lowest BCUT2D eigenvalue weighted by Crippen LogP contribution is -2.32. The first kappa shape index (κ1) is 18.8. The summed E-state index contributed by atoms with van der Waals surface area (Å²) in [5, 5.41) is 8.08. The molecule has 0 spiro atoms. The molecule has 6 rings (SSSR count). The van der Waals surface area contributed by atoms with E-state index in [9.17, 15) is 0 Å². The standard InChI is InChI=1S/C22H22ClN7O/c1-12-10-31-21(26-12)22(11-24)14-6-7-30(9-15(14)22)17-8-25-19-18(28-29-20(19)27-17)13-4-2-3-5-16(13)23/h2-5,8,10,14-15H,6-7,9,11,24H2,1H3,(H,27,28,29). The predicted octanol–water partition coefficient (Wildman–Crippen LogP) is 3.32. The van der Waals surface area contributed by atoms with Gasteiger partial charge in [0.15, 0.2) is 0 Å². The highest BCUT2D eigenvalue weighted by Crippen LogP contribution is 2.62. The van der Waals surface area contributed by atoms with E-state index in [4.69, 9.17) is 26.7 Å². The number of aromatic amines is 1. The van der Waals surface area contributed by atoms with E-state index in [0.29, 0.717) is 34.6 Å². The predicted molar refractivity (Wildman–Crippen MR) is 118 cm³/mol. The summed E-state index contributed by atoms with van der Waals surface area (Å²) in [6.07, 6.45) is 4.55. The molecule has 2 fully saturated rings. The second-order valence-electron chi connectivity index (χ2n) is 8.47. The minimum Gasteiger partial charge on any atom is -0.448 e. The quantitative estimate of drug-likeness (QED) is 0.506. The van der Waals surface area contributed by atoms with Crippen molar-refractivity contribution in [3.8, 4) is 11.3 Å². The minimum absolute atomic E-state index is 0.163. The molecule has 1 aliphatic carbocycles. The fraction of sp³-hybridized carbons (Fsp3) is 0.364. The molecule has 2 aliphatic rings. The Bertz CT molecular complexity index is 1280. The third-order valence-corrected chi connectivity index (χ3v) is 7.23. The summed E-state index contributed by atoms with van der Waals surface area (Å²) in [7, 11) is 0. The van der Waals surface area contributed by atoms with E-state index in [1.165, 1.54) is 0 Å². The molecule has 3 atom stereocenters. The first-order chi connectivity index (χ1) is 15.1. The van der Waals surface area contributed by atoms with Crippen molar-refractivity contribution in [2.45, 2.75) is 18.8 Å². The third kappa shape index (κ3) is 2.71. The van der Waals surface area contributed by atoms with Crippen LogP contribution in [0.4, 0.5) is 5.82 Å². The number of rotatable bonds is 4. The Kier molecular flexibility index (Phi) is 4.10. The van der Waals surface area contributed by atoms with Gasteiger partial charge in [0, 0.05) is 25.2 Å². The Labute approximate surface area is 183 Å². The Morgan fingerprint density at radius 3 is 2.94 bits per heavy atom. The van der Waals surface area contributed by atoms with Gasteiger partial charge < -0.3 is 15.1 Å². The van der Waals surface area contributed by atoms with Gasteiger partial charge in [0.25, 0.3) is 0 Å². The van der Waals surface area contributed by atoms with E-state index in [1.54, 1.807) is 6.26 Å².